The highest BCUT2D eigenvalue weighted by Crippen LogP contribution is 2.35. The zero-order valence-corrected chi connectivity index (χ0v) is 25.1. The summed E-state index contributed by atoms with van der Waals surface area (Å²) >= 11 is 0. The van der Waals surface area contributed by atoms with Crippen molar-refractivity contribution in [3.63, 3.8) is 0 Å². The highest BCUT2D eigenvalue weighted by atomic mass is 19.1. The number of amides is 2. The van der Waals surface area contributed by atoms with E-state index in [2.05, 4.69) is 25.6 Å². The molecule has 0 spiro atoms. The molecule has 2 aliphatic rings. The molecular formula is C33H31FN8O5. The van der Waals surface area contributed by atoms with Gasteiger partial charge in [0.15, 0.2) is 0 Å². The fraction of sp³-hybridized carbons (Fsp3) is 0.242. The van der Waals surface area contributed by atoms with Gasteiger partial charge < -0.3 is 20.3 Å². The number of anilines is 1. The van der Waals surface area contributed by atoms with E-state index in [4.69, 9.17) is 9.88 Å². The van der Waals surface area contributed by atoms with Crippen molar-refractivity contribution in [2.45, 2.75) is 37.6 Å². The lowest BCUT2D eigenvalue weighted by Gasteiger charge is -2.28. The Bertz CT molecular complexity index is 1850. The number of nitrogens with zero attached hydrogens (tertiary/aromatic N) is 6. The van der Waals surface area contributed by atoms with Gasteiger partial charge in [0.05, 0.1) is 42.9 Å². The lowest BCUT2D eigenvalue weighted by atomic mass is 10.0. The SMILES string of the molecule is O=C(O)N[C@H](C(=O)N1CCC[C@H]1c1ncc(-c2ccc(-c3ccc(N4C[C@@H](Cn5ccnn5)OO4)cc3F)cc2)[nH]1)c1ccccc1. The van der Waals surface area contributed by atoms with Gasteiger partial charge in [-0.2, -0.15) is 0 Å². The van der Waals surface area contributed by atoms with Gasteiger partial charge in [-0.1, -0.05) is 59.8 Å². The maximum Gasteiger partial charge on any atom is 0.405 e. The predicted octanol–water partition coefficient (Wildman–Crippen LogP) is 4.90. The summed E-state index contributed by atoms with van der Waals surface area (Å²) in [5, 5.41) is 21.0. The normalized spacial score (nSPS) is 18.4. The quantitative estimate of drug-likeness (QED) is 0.192. The fourth-order valence-corrected chi connectivity index (χ4v) is 6.05. The Kier molecular flexibility index (Phi) is 8.33. The number of aromatic amines is 1. The third kappa shape index (κ3) is 6.41. The molecule has 47 heavy (non-hydrogen) atoms. The zero-order chi connectivity index (χ0) is 32.3. The van der Waals surface area contributed by atoms with Crippen LogP contribution in [0.5, 0.6) is 0 Å². The van der Waals surface area contributed by atoms with E-state index in [0.717, 1.165) is 17.7 Å². The summed E-state index contributed by atoms with van der Waals surface area (Å²) in [4.78, 5) is 45.4. The summed E-state index contributed by atoms with van der Waals surface area (Å²) in [7, 11) is 0. The van der Waals surface area contributed by atoms with Gasteiger partial charge >= 0.3 is 6.09 Å². The fourth-order valence-electron chi connectivity index (χ4n) is 6.05. The molecule has 3 aromatic carbocycles. The van der Waals surface area contributed by atoms with Gasteiger partial charge in [-0.15, -0.1) is 10.1 Å². The number of halogens is 1. The molecule has 13 nitrogen and oxygen atoms in total. The maximum absolute atomic E-state index is 15.3. The number of carbonyl (C=O) groups is 2. The van der Waals surface area contributed by atoms with E-state index in [9.17, 15) is 14.7 Å². The summed E-state index contributed by atoms with van der Waals surface area (Å²) in [6, 6.07) is 19.8. The highest BCUT2D eigenvalue weighted by molar-refractivity contribution is 5.87. The molecule has 5 aromatic rings. The molecule has 2 aliphatic heterocycles. The Morgan fingerprint density at radius 2 is 1.89 bits per heavy atom. The van der Waals surface area contributed by atoms with Gasteiger partial charge in [-0.25, -0.2) is 28.8 Å². The minimum atomic E-state index is -1.27. The Morgan fingerprint density at radius 3 is 2.64 bits per heavy atom. The highest BCUT2D eigenvalue weighted by Gasteiger charge is 2.37. The molecule has 0 aliphatic carbocycles. The molecular weight excluding hydrogens is 607 g/mol. The van der Waals surface area contributed by atoms with Crippen molar-refractivity contribution >= 4 is 17.7 Å². The van der Waals surface area contributed by atoms with Gasteiger partial charge in [0.1, 0.15) is 23.8 Å². The summed E-state index contributed by atoms with van der Waals surface area (Å²) in [6.45, 7) is 1.35. The smallest absolute Gasteiger partial charge is 0.405 e. The summed E-state index contributed by atoms with van der Waals surface area (Å²) in [5.74, 6) is -0.109. The van der Waals surface area contributed by atoms with E-state index in [0.29, 0.717) is 54.3 Å². The van der Waals surface area contributed by atoms with Crippen LogP contribution in [0.3, 0.4) is 0 Å². The Morgan fingerprint density at radius 1 is 1.09 bits per heavy atom. The molecule has 0 saturated carbocycles. The van der Waals surface area contributed by atoms with Crippen LogP contribution in [0, 0.1) is 5.82 Å². The van der Waals surface area contributed by atoms with Crippen LogP contribution in [0.25, 0.3) is 22.4 Å². The first kappa shape index (κ1) is 30.1. The van der Waals surface area contributed by atoms with Crippen LogP contribution >= 0.6 is 0 Å². The van der Waals surface area contributed by atoms with Crippen LogP contribution in [0.1, 0.15) is 36.3 Å². The van der Waals surface area contributed by atoms with Crippen LogP contribution in [0.2, 0.25) is 0 Å². The second-order valence-corrected chi connectivity index (χ2v) is 11.4. The number of nitrogens with one attached hydrogen (secondary N) is 2. The zero-order valence-electron chi connectivity index (χ0n) is 25.1. The lowest BCUT2D eigenvalue weighted by Crippen LogP contribution is -2.42. The average Bonchev–Trinajstić information content (AvgIpc) is 3.92. The van der Waals surface area contributed by atoms with Crippen LogP contribution in [-0.2, 0) is 21.2 Å². The van der Waals surface area contributed by atoms with E-state index in [1.807, 2.05) is 30.3 Å². The maximum atomic E-state index is 15.3. The molecule has 3 atom stereocenters. The number of likely N-dealkylation sites (tertiary alicyclic amines) is 1. The first-order chi connectivity index (χ1) is 22.9. The van der Waals surface area contributed by atoms with E-state index in [-0.39, 0.29) is 18.1 Å². The first-order valence-corrected chi connectivity index (χ1v) is 15.2. The molecule has 4 heterocycles. The molecule has 0 radical (unpaired) electrons. The van der Waals surface area contributed by atoms with Crippen LogP contribution in [-0.4, -0.2) is 66.2 Å². The number of aromatic nitrogens is 5. The van der Waals surface area contributed by atoms with Crippen molar-refractivity contribution in [1.29, 1.82) is 0 Å². The molecule has 2 saturated heterocycles. The van der Waals surface area contributed by atoms with E-state index < -0.39 is 18.0 Å². The van der Waals surface area contributed by atoms with Crippen molar-refractivity contribution in [2.24, 2.45) is 0 Å². The third-order valence-corrected chi connectivity index (χ3v) is 8.34. The average molecular weight is 639 g/mol. The molecule has 3 N–H and O–H groups in total. The molecule has 0 unspecified atom stereocenters. The van der Waals surface area contributed by atoms with Crippen molar-refractivity contribution in [2.75, 3.05) is 18.2 Å². The second-order valence-electron chi connectivity index (χ2n) is 11.4. The first-order valence-electron chi connectivity index (χ1n) is 15.2. The predicted molar refractivity (Wildman–Crippen MR) is 167 cm³/mol. The Hall–Kier alpha value is -5.60. The summed E-state index contributed by atoms with van der Waals surface area (Å²) in [5.41, 5.74) is 3.83. The number of rotatable bonds is 9. The molecule has 0 bridgehead atoms. The minimum Gasteiger partial charge on any atom is -0.465 e. The molecule has 14 heteroatoms. The minimum absolute atomic E-state index is 0.285. The van der Waals surface area contributed by atoms with Crippen molar-refractivity contribution < 1.29 is 29.0 Å². The van der Waals surface area contributed by atoms with Crippen molar-refractivity contribution in [1.82, 2.24) is 35.2 Å². The monoisotopic (exact) mass is 638 g/mol. The van der Waals surface area contributed by atoms with Gasteiger partial charge in [-0.05, 0) is 41.7 Å². The number of hydrogen-bond acceptors (Lipinski definition) is 8. The molecule has 2 fully saturated rings. The van der Waals surface area contributed by atoms with Crippen LogP contribution in [0.15, 0.2) is 91.4 Å². The van der Waals surface area contributed by atoms with E-state index >= 15 is 4.39 Å². The summed E-state index contributed by atoms with van der Waals surface area (Å²) < 4.78 is 16.9. The number of hydroxylamine groups is 1. The van der Waals surface area contributed by atoms with Crippen molar-refractivity contribution in [3.8, 4) is 22.4 Å². The Balaban J connectivity index is 1.03. The molecule has 240 valence electrons. The van der Waals surface area contributed by atoms with Gasteiger partial charge in [0, 0.05) is 24.4 Å². The van der Waals surface area contributed by atoms with Crippen LogP contribution in [0.4, 0.5) is 14.9 Å². The number of imidazole rings is 1. The number of carbonyl (C=O) groups excluding carboxylic acids is 1. The molecule has 7 rings (SSSR count). The Labute approximate surface area is 268 Å². The number of H-pyrrole nitrogens is 1. The molecule has 2 aromatic heterocycles. The van der Waals surface area contributed by atoms with Gasteiger partial charge in [0.25, 0.3) is 5.91 Å². The summed E-state index contributed by atoms with van der Waals surface area (Å²) in [6.07, 6.45) is 4.92. The van der Waals surface area contributed by atoms with Crippen LogP contribution < -0.4 is 10.4 Å². The largest absolute Gasteiger partial charge is 0.465 e. The van der Waals surface area contributed by atoms with Gasteiger partial charge in [-0.3, -0.25) is 4.79 Å². The van der Waals surface area contributed by atoms with E-state index in [1.165, 1.54) is 11.1 Å². The number of hydrogen-bond donors (Lipinski definition) is 3. The second kappa shape index (κ2) is 13.0. The van der Waals surface area contributed by atoms with Crippen molar-refractivity contribution in [3.05, 3.63) is 109 Å². The number of carboxylic acid groups (broad SMARTS) is 1. The van der Waals surface area contributed by atoms with Gasteiger partial charge in [0.2, 0.25) is 0 Å². The third-order valence-electron chi connectivity index (χ3n) is 8.34. The van der Waals surface area contributed by atoms with E-state index in [1.54, 1.807) is 64.6 Å². The number of benzene rings is 3. The lowest BCUT2D eigenvalue weighted by molar-refractivity contribution is -0.284. The molecule has 2 amide bonds. The topological polar surface area (TPSA) is 151 Å². The standard InChI is InChI=1S/C33H31FN8O5/c34-27-17-24(42-20-25(46-47-42)19-40-16-14-36-39-40)12-13-26(27)21-8-10-22(11-9-21)28-18-35-31(37-28)29-7-4-15-41(29)32(43)30(38-33(44)45)23-5-2-1-3-6-23/h1-3,5-6,8-14,16-18,25,29-30,38H,4,7,15,19-20H2,(H,35,37)(H,44,45)/t25-,29+,30+/m1/s1.